The first kappa shape index (κ1) is 22.2. The highest BCUT2D eigenvalue weighted by Gasteiger charge is 2.21. The number of benzene rings is 1. The third-order valence-corrected chi connectivity index (χ3v) is 3.84. The van der Waals surface area contributed by atoms with Crippen LogP contribution in [0, 0.1) is 6.92 Å². The molecule has 0 spiro atoms. The Balaban J connectivity index is 3.42. The predicted molar refractivity (Wildman–Crippen MR) is 101 cm³/mol. The zero-order valence-electron chi connectivity index (χ0n) is 16.0. The fraction of sp³-hybridized carbons (Fsp3) is 0.421. The number of carbonyl (C=O) groups excluding carboxylic acids is 2. The maximum atomic E-state index is 11.8. The standard InChI is InChI=1S/C19H26N2O6/c1-11-7-16(26-3)17(27-4)10-14(11)13(8-12(2)22)9-15(19(24)25)21-18(23)5-6-20/h7,9-10,15H,5-6,8,20H2,1-4H3,(H,21,23)(H,24,25). The molecule has 8 nitrogen and oxygen atoms in total. The average Bonchev–Trinajstić information content (AvgIpc) is 2.59. The number of ketones is 1. The molecule has 1 rings (SSSR count). The summed E-state index contributed by atoms with van der Waals surface area (Å²) in [6.07, 6.45) is 1.38. The van der Waals surface area contributed by atoms with Gasteiger partial charge in [-0.3, -0.25) is 9.59 Å². The maximum Gasteiger partial charge on any atom is 0.330 e. The lowest BCUT2D eigenvalue weighted by molar-refractivity contribution is -0.140. The number of methoxy groups -OCH3 is 2. The molecule has 1 atom stereocenters. The van der Waals surface area contributed by atoms with Gasteiger partial charge in [0, 0.05) is 19.4 Å². The number of nitrogens with two attached hydrogens (primary N) is 1. The summed E-state index contributed by atoms with van der Waals surface area (Å²) in [6.45, 7) is 3.33. The van der Waals surface area contributed by atoms with Crippen LogP contribution in [0.1, 0.15) is 30.9 Å². The molecule has 4 N–H and O–H groups in total. The van der Waals surface area contributed by atoms with E-state index < -0.39 is 17.9 Å². The third-order valence-electron chi connectivity index (χ3n) is 3.84. The highest BCUT2D eigenvalue weighted by molar-refractivity contribution is 5.92. The molecule has 0 heterocycles. The van der Waals surface area contributed by atoms with Crippen LogP contribution in [-0.4, -0.2) is 49.6 Å². The van der Waals surface area contributed by atoms with Gasteiger partial charge >= 0.3 is 5.97 Å². The molecule has 0 aliphatic carbocycles. The Labute approximate surface area is 158 Å². The summed E-state index contributed by atoms with van der Waals surface area (Å²) < 4.78 is 10.6. The van der Waals surface area contributed by atoms with Gasteiger partial charge in [-0.15, -0.1) is 0 Å². The molecule has 27 heavy (non-hydrogen) atoms. The Hall–Kier alpha value is -2.87. The van der Waals surface area contributed by atoms with Gasteiger partial charge in [0.15, 0.2) is 11.5 Å². The maximum absolute atomic E-state index is 11.8. The Morgan fingerprint density at radius 2 is 1.81 bits per heavy atom. The molecule has 148 valence electrons. The zero-order chi connectivity index (χ0) is 20.6. The normalized spacial score (nSPS) is 12.3. The van der Waals surface area contributed by atoms with Crippen LogP contribution in [0.2, 0.25) is 0 Å². The third kappa shape index (κ3) is 6.41. The lowest BCUT2D eigenvalue weighted by Crippen LogP contribution is -2.40. The van der Waals surface area contributed by atoms with Crippen molar-refractivity contribution < 1.29 is 29.0 Å². The van der Waals surface area contributed by atoms with E-state index in [1.807, 2.05) is 6.92 Å². The van der Waals surface area contributed by atoms with E-state index in [9.17, 15) is 19.5 Å². The average molecular weight is 378 g/mol. The monoisotopic (exact) mass is 378 g/mol. The summed E-state index contributed by atoms with van der Waals surface area (Å²) in [7, 11) is 3.00. The van der Waals surface area contributed by atoms with E-state index in [0.29, 0.717) is 22.6 Å². The van der Waals surface area contributed by atoms with Crippen LogP contribution in [0.4, 0.5) is 0 Å². The number of rotatable bonds is 10. The van der Waals surface area contributed by atoms with Crippen molar-refractivity contribution in [2.45, 2.75) is 32.7 Å². The molecule has 0 saturated carbocycles. The molecule has 0 aliphatic rings. The molecular formula is C19H26N2O6. The minimum absolute atomic E-state index is 0.00681. The SMILES string of the molecule is COc1cc(C)c(C(=CC(NC(=O)CCN)C(=O)O)CC(C)=O)cc1OC. The van der Waals surface area contributed by atoms with Crippen molar-refractivity contribution in [1.29, 1.82) is 0 Å². The van der Waals surface area contributed by atoms with Crippen molar-refractivity contribution in [3.05, 3.63) is 29.3 Å². The number of aryl methyl sites for hydroxylation is 1. The van der Waals surface area contributed by atoms with Crippen molar-refractivity contribution in [2.75, 3.05) is 20.8 Å². The highest BCUT2D eigenvalue weighted by atomic mass is 16.5. The predicted octanol–water partition coefficient (Wildman–Crippen LogP) is 1.29. The van der Waals surface area contributed by atoms with Crippen molar-refractivity contribution >= 4 is 23.2 Å². The number of carboxylic acid groups (broad SMARTS) is 1. The summed E-state index contributed by atoms with van der Waals surface area (Å²) in [5, 5.41) is 11.9. The van der Waals surface area contributed by atoms with Crippen molar-refractivity contribution in [3.63, 3.8) is 0 Å². The number of nitrogens with one attached hydrogen (secondary N) is 1. The van der Waals surface area contributed by atoms with Crippen LogP contribution >= 0.6 is 0 Å². The highest BCUT2D eigenvalue weighted by Crippen LogP contribution is 2.34. The minimum Gasteiger partial charge on any atom is -0.493 e. The quantitative estimate of drug-likeness (QED) is 0.560. The first-order valence-electron chi connectivity index (χ1n) is 8.38. The van der Waals surface area contributed by atoms with E-state index in [0.717, 1.165) is 5.56 Å². The van der Waals surface area contributed by atoms with Crippen LogP contribution in [0.5, 0.6) is 11.5 Å². The van der Waals surface area contributed by atoms with E-state index >= 15 is 0 Å². The number of aliphatic carboxylic acids is 1. The van der Waals surface area contributed by atoms with Crippen molar-refractivity contribution in [2.24, 2.45) is 5.73 Å². The van der Waals surface area contributed by atoms with Crippen molar-refractivity contribution in [1.82, 2.24) is 5.32 Å². The molecule has 0 aromatic heterocycles. The number of ether oxygens (including phenoxy) is 2. The van der Waals surface area contributed by atoms with Gasteiger partial charge in [-0.1, -0.05) is 0 Å². The summed E-state index contributed by atoms with van der Waals surface area (Å²) in [6, 6.07) is 2.14. The van der Waals surface area contributed by atoms with E-state index in [-0.39, 0.29) is 25.2 Å². The van der Waals surface area contributed by atoms with Crippen LogP contribution in [0.3, 0.4) is 0 Å². The van der Waals surface area contributed by atoms with Gasteiger partial charge < -0.3 is 25.6 Å². The molecular weight excluding hydrogens is 352 g/mol. The molecule has 0 fully saturated rings. The largest absolute Gasteiger partial charge is 0.493 e. The second-order valence-corrected chi connectivity index (χ2v) is 6.01. The van der Waals surface area contributed by atoms with Crippen LogP contribution < -0.4 is 20.5 Å². The smallest absolute Gasteiger partial charge is 0.330 e. The van der Waals surface area contributed by atoms with Gasteiger partial charge in [0.05, 0.1) is 14.2 Å². The molecule has 0 saturated heterocycles. The molecule has 0 radical (unpaired) electrons. The van der Waals surface area contributed by atoms with Gasteiger partial charge in [0.25, 0.3) is 0 Å². The topological polar surface area (TPSA) is 128 Å². The number of hydrogen-bond donors (Lipinski definition) is 3. The number of carbonyl (C=O) groups is 3. The number of amides is 1. The fourth-order valence-corrected chi connectivity index (χ4v) is 2.59. The Kier molecular flexibility index (Phi) is 8.47. The Bertz CT molecular complexity index is 742. The first-order chi connectivity index (χ1) is 12.7. The van der Waals surface area contributed by atoms with E-state index in [1.54, 1.807) is 12.1 Å². The van der Waals surface area contributed by atoms with Gasteiger partial charge in [-0.05, 0) is 48.8 Å². The molecule has 1 aromatic carbocycles. The van der Waals surface area contributed by atoms with Gasteiger partial charge in [-0.25, -0.2) is 4.79 Å². The van der Waals surface area contributed by atoms with Crippen molar-refractivity contribution in [3.8, 4) is 11.5 Å². The fourth-order valence-electron chi connectivity index (χ4n) is 2.59. The van der Waals surface area contributed by atoms with Gasteiger partial charge in [-0.2, -0.15) is 0 Å². The second-order valence-electron chi connectivity index (χ2n) is 6.01. The second kappa shape index (κ2) is 10.3. The number of Topliss-reactive ketones (excluding diaryl/α,β-unsaturated/α-hetero) is 1. The number of hydrogen-bond acceptors (Lipinski definition) is 6. The summed E-state index contributed by atoms with van der Waals surface area (Å²) >= 11 is 0. The van der Waals surface area contributed by atoms with E-state index in [2.05, 4.69) is 5.32 Å². The lowest BCUT2D eigenvalue weighted by Gasteiger charge is -2.17. The minimum atomic E-state index is -1.29. The van der Waals surface area contributed by atoms with Gasteiger partial charge in [0.1, 0.15) is 11.8 Å². The summed E-state index contributed by atoms with van der Waals surface area (Å²) in [5.41, 5.74) is 7.21. The number of allylic oxidation sites excluding steroid dienone is 1. The molecule has 1 aromatic rings. The molecule has 0 bridgehead atoms. The summed E-state index contributed by atoms with van der Waals surface area (Å²) in [4.78, 5) is 35.1. The first-order valence-corrected chi connectivity index (χ1v) is 8.38. The molecule has 0 aliphatic heterocycles. The van der Waals surface area contributed by atoms with Crippen LogP contribution in [-0.2, 0) is 14.4 Å². The summed E-state index contributed by atoms with van der Waals surface area (Å²) in [5.74, 6) is -0.890. The zero-order valence-corrected chi connectivity index (χ0v) is 16.0. The Morgan fingerprint density at radius 1 is 1.22 bits per heavy atom. The Morgan fingerprint density at radius 3 is 2.30 bits per heavy atom. The molecule has 1 amide bonds. The van der Waals surface area contributed by atoms with Crippen LogP contribution in [0.15, 0.2) is 18.2 Å². The van der Waals surface area contributed by atoms with E-state index in [1.165, 1.54) is 27.2 Å². The van der Waals surface area contributed by atoms with E-state index in [4.69, 9.17) is 15.2 Å². The van der Waals surface area contributed by atoms with Crippen LogP contribution in [0.25, 0.3) is 5.57 Å². The molecule has 8 heteroatoms. The number of carboxylic acids is 1. The lowest BCUT2D eigenvalue weighted by atomic mass is 9.94. The van der Waals surface area contributed by atoms with Gasteiger partial charge in [0.2, 0.25) is 5.91 Å². The molecule has 1 unspecified atom stereocenters.